The lowest BCUT2D eigenvalue weighted by molar-refractivity contribution is -0.141. The lowest BCUT2D eigenvalue weighted by Gasteiger charge is -2.06. The molecule has 0 aliphatic rings. The molecule has 128 valence electrons. The van der Waals surface area contributed by atoms with Crippen LogP contribution in [0.4, 0.5) is 29.8 Å². The van der Waals surface area contributed by atoms with Gasteiger partial charge in [-0.15, -0.1) is 0 Å². The summed E-state index contributed by atoms with van der Waals surface area (Å²) in [5.41, 5.74) is 5.58. The number of rotatable bonds is 4. The number of hydrogen-bond donors (Lipinski definition) is 2. The van der Waals surface area contributed by atoms with Crippen molar-refractivity contribution >= 4 is 33.8 Å². The second-order valence-electron chi connectivity index (χ2n) is 4.98. The van der Waals surface area contributed by atoms with E-state index in [0.717, 1.165) is 23.6 Å². The van der Waals surface area contributed by atoms with E-state index in [1.54, 1.807) is 30.3 Å². The number of carbonyl (C=O) groups excluding carboxylic acids is 1. The highest BCUT2D eigenvalue weighted by Crippen LogP contribution is 2.31. The molecule has 0 fully saturated rings. The molecule has 0 saturated carbocycles. The van der Waals surface area contributed by atoms with E-state index in [4.69, 9.17) is 5.73 Å². The van der Waals surface area contributed by atoms with Gasteiger partial charge in [0.15, 0.2) is 5.13 Å². The van der Waals surface area contributed by atoms with Gasteiger partial charge >= 0.3 is 6.18 Å². The molecule has 1 aromatic carbocycles. The fourth-order valence-corrected chi connectivity index (χ4v) is 2.89. The van der Waals surface area contributed by atoms with Gasteiger partial charge in [0.1, 0.15) is 16.4 Å². The predicted octanol–water partition coefficient (Wildman–Crippen LogP) is 4.11. The molecule has 5 nitrogen and oxygen atoms in total. The van der Waals surface area contributed by atoms with Gasteiger partial charge in [-0.1, -0.05) is 41.7 Å². The van der Waals surface area contributed by atoms with Crippen LogP contribution in [0, 0.1) is 0 Å². The average Bonchev–Trinajstić information content (AvgIpc) is 2.95. The van der Waals surface area contributed by atoms with Crippen molar-refractivity contribution < 1.29 is 18.0 Å². The number of pyridine rings is 1. The van der Waals surface area contributed by atoms with Crippen LogP contribution >= 0.6 is 11.3 Å². The van der Waals surface area contributed by atoms with Gasteiger partial charge in [-0.2, -0.15) is 13.2 Å². The minimum absolute atomic E-state index is 0.0567. The van der Waals surface area contributed by atoms with Gasteiger partial charge in [0, 0.05) is 5.56 Å². The molecule has 0 amide bonds. The zero-order chi connectivity index (χ0) is 18.0. The highest BCUT2D eigenvalue weighted by Gasteiger charge is 2.32. The molecule has 3 aromatic rings. The van der Waals surface area contributed by atoms with Crippen LogP contribution < -0.4 is 11.1 Å². The van der Waals surface area contributed by atoms with E-state index in [1.807, 2.05) is 0 Å². The molecule has 0 unspecified atom stereocenters. The lowest BCUT2D eigenvalue weighted by Crippen LogP contribution is -2.07. The minimum atomic E-state index is -4.50. The highest BCUT2D eigenvalue weighted by molar-refractivity contribution is 7.18. The molecule has 3 rings (SSSR count). The molecule has 0 aliphatic heterocycles. The van der Waals surface area contributed by atoms with Crippen molar-refractivity contribution in [3.8, 4) is 0 Å². The molecule has 9 heteroatoms. The highest BCUT2D eigenvalue weighted by atomic mass is 32.1. The first kappa shape index (κ1) is 16.9. The predicted molar refractivity (Wildman–Crippen MR) is 88.9 cm³/mol. The number of hydrogen-bond acceptors (Lipinski definition) is 6. The standard InChI is InChI=1S/C16H11F3N4OS/c17-16(18,19)11-7-6-10(8-21-11)22-15-23-14(20)13(25-15)12(24)9-4-2-1-3-5-9/h1-8H,20H2,(H,22,23). The molecule has 0 radical (unpaired) electrons. The normalized spacial score (nSPS) is 11.3. The summed E-state index contributed by atoms with van der Waals surface area (Å²) in [7, 11) is 0. The van der Waals surface area contributed by atoms with Crippen molar-refractivity contribution in [3.05, 3.63) is 64.8 Å². The Morgan fingerprint density at radius 1 is 1.12 bits per heavy atom. The van der Waals surface area contributed by atoms with Crippen LogP contribution in [-0.4, -0.2) is 15.8 Å². The minimum Gasteiger partial charge on any atom is -0.382 e. The van der Waals surface area contributed by atoms with Crippen LogP contribution in [0.15, 0.2) is 48.7 Å². The fraction of sp³-hybridized carbons (Fsp3) is 0.0625. The maximum atomic E-state index is 12.5. The Morgan fingerprint density at radius 2 is 1.84 bits per heavy atom. The molecular weight excluding hydrogens is 353 g/mol. The average molecular weight is 364 g/mol. The lowest BCUT2D eigenvalue weighted by atomic mass is 10.1. The first-order chi connectivity index (χ1) is 11.8. The molecule has 0 saturated heterocycles. The number of ketones is 1. The summed E-state index contributed by atoms with van der Waals surface area (Å²) in [5, 5.41) is 3.09. The number of nitrogens with zero attached hydrogens (tertiary/aromatic N) is 2. The second kappa shape index (κ2) is 6.52. The van der Waals surface area contributed by atoms with Crippen molar-refractivity contribution in [2.24, 2.45) is 0 Å². The summed E-state index contributed by atoms with van der Waals surface area (Å²) in [5.74, 6) is -0.213. The molecular formula is C16H11F3N4OS. The quantitative estimate of drug-likeness (QED) is 0.681. The third-order valence-electron chi connectivity index (χ3n) is 3.20. The molecule has 0 spiro atoms. The largest absolute Gasteiger partial charge is 0.433 e. The molecule has 2 heterocycles. The van der Waals surface area contributed by atoms with Gasteiger partial charge in [-0.05, 0) is 12.1 Å². The number of halogens is 3. The van der Waals surface area contributed by atoms with Crippen molar-refractivity contribution in [1.29, 1.82) is 0 Å². The molecule has 0 atom stereocenters. The van der Waals surface area contributed by atoms with Crippen LogP contribution in [-0.2, 0) is 6.18 Å². The van der Waals surface area contributed by atoms with E-state index in [2.05, 4.69) is 15.3 Å². The number of anilines is 3. The van der Waals surface area contributed by atoms with Crippen molar-refractivity contribution in [1.82, 2.24) is 9.97 Å². The van der Waals surface area contributed by atoms with E-state index in [0.29, 0.717) is 16.4 Å². The summed E-state index contributed by atoms with van der Waals surface area (Å²) in [6.07, 6.45) is -3.46. The number of nitrogen functional groups attached to an aromatic ring is 1. The van der Waals surface area contributed by atoms with Crippen LogP contribution in [0.2, 0.25) is 0 Å². The Kier molecular flexibility index (Phi) is 4.41. The maximum Gasteiger partial charge on any atom is 0.433 e. The molecule has 0 bridgehead atoms. The molecule has 2 aromatic heterocycles. The van der Waals surface area contributed by atoms with Crippen molar-refractivity contribution in [3.63, 3.8) is 0 Å². The van der Waals surface area contributed by atoms with Gasteiger partial charge < -0.3 is 11.1 Å². The summed E-state index contributed by atoms with van der Waals surface area (Å²) in [6.45, 7) is 0. The topological polar surface area (TPSA) is 80.9 Å². The monoisotopic (exact) mass is 364 g/mol. The van der Waals surface area contributed by atoms with E-state index in [1.165, 1.54) is 6.07 Å². The Hall–Kier alpha value is -2.94. The van der Waals surface area contributed by atoms with Gasteiger partial charge in [0.25, 0.3) is 0 Å². The second-order valence-corrected chi connectivity index (χ2v) is 5.98. The smallest absolute Gasteiger partial charge is 0.382 e. The number of alkyl halides is 3. The fourth-order valence-electron chi connectivity index (χ4n) is 2.03. The van der Waals surface area contributed by atoms with Crippen molar-refractivity contribution in [2.45, 2.75) is 6.18 Å². The third kappa shape index (κ3) is 3.77. The van der Waals surface area contributed by atoms with Crippen LogP contribution in [0.25, 0.3) is 0 Å². The summed E-state index contributed by atoms with van der Waals surface area (Å²) in [4.78, 5) is 20.1. The third-order valence-corrected chi connectivity index (χ3v) is 4.19. The van der Waals surface area contributed by atoms with E-state index in [-0.39, 0.29) is 16.5 Å². The summed E-state index contributed by atoms with van der Waals surface area (Å²) >= 11 is 1.02. The Bertz CT molecular complexity index is 892. The van der Waals surface area contributed by atoms with Crippen LogP contribution in [0.5, 0.6) is 0 Å². The Morgan fingerprint density at radius 3 is 2.44 bits per heavy atom. The number of aromatic nitrogens is 2. The number of nitrogens with two attached hydrogens (primary N) is 1. The van der Waals surface area contributed by atoms with Gasteiger partial charge in [-0.3, -0.25) is 4.79 Å². The first-order valence-electron chi connectivity index (χ1n) is 7.01. The number of benzene rings is 1. The molecule has 25 heavy (non-hydrogen) atoms. The van der Waals surface area contributed by atoms with E-state index < -0.39 is 11.9 Å². The summed E-state index contributed by atoms with van der Waals surface area (Å²) < 4.78 is 37.5. The maximum absolute atomic E-state index is 12.5. The first-order valence-corrected chi connectivity index (χ1v) is 7.82. The Labute approximate surface area is 144 Å². The van der Waals surface area contributed by atoms with Crippen LogP contribution in [0.3, 0.4) is 0 Å². The van der Waals surface area contributed by atoms with Gasteiger partial charge in [-0.25, -0.2) is 9.97 Å². The summed E-state index contributed by atoms with van der Waals surface area (Å²) in [6, 6.07) is 10.7. The molecule has 0 aliphatic carbocycles. The number of nitrogens with one attached hydrogen (secondary N) is 1. The SMILES string of the molecule is Nc1nc(Nc2ccc(C(F)(F)F)nc2)sc1C(=O)c1ccccc1. The Balaban J connectivity index is 1.80. The van der Waals surface area contributed by atoms with Gasteiger partial charge in [0.05, 0.1) is 11.9 Å². The van der Waals surface area contributed by atoms with Gasteiger partial charge in [0.2, 0.25) is 5.78 Å². The molecule has 3 N–H and O–H groups in total. The van der Waals surface area contributed by atoms with E-state index >= 15 is 0 Å². The zero-order valence-corrected chi connectivity index (χ0v) is 13.4. The zero-order valence-electron chi connectivity index (χ0n) is 12.5. The number of thiazole rings is 1. The van der Waals surface area contributed by atoms with E-state index in [9.17, 15) is 18.0 Å². The number of carbonyl (C=O) groups is 1. The van der Waals surface area contributed by atoms with Crippen LogP contribution in [0.1, 0.15) is 20.9 Å². The van der Waals surface area contributed by atoms with Crippen molar-refractivity contribution in [2.75, 3.05) is 11.1 Å².